The largest absolute Gasteiger partial charge is 0.348 e. The van der Waals surface area contributed by atoms with Crippen LogP contribution in [-0.4, -0.2) is 20.4 Å². The first-order chi connectivity index (χ1) is 11.8. The molecule has 5 nitrogen and oxygen atoms in total. The fourth-order valence-corrected chi connectivity index (χ4v) is 4.11. The number of sulfonamides is 1. The van der Waals surface area contributed by atoms with E-state index < -0.39 is 10.0 Å². The summed E-state index contributed by atoms with van der Waals surface area (Å²) in [6, 6.07) is 13.7. The van der Waals surface area contributed by atoms with Crippen LogP contribution < -0.4 is 10.0 Å². The van der Waals surface area contributed by atoms with Crippen molar-refractivity contribution in [2.24, 2.45) is 0 Å². The van der Waals surface area contributed by atoms with Crippen molar-refractivity contribution in [3.05, 3.63) is 70.2 Å². The molecule has 134 valence electrons. The number of benzene rings is 2. The van der Waals surface area contributed by atoms with E-state index in [1.807, 2.05) is 6.07 Å². The fourth-order valence-electron chi connectivity index (χ4n) is 2.39. The Labute approximate surface area is 153 Å². The molecule has 0 atom stereocenters. The number of amides is 1. The number of carbonyl (C=O) groups excluding carboxylic acids is 1. The predicted molar refractivity (Wildman–Crippen MR) is 100.0 cm³/mol. The molecular weight excluding hydrogens is 360 g/mol. The summed E-state index contributed by atoms with van der Waals surface area (Å²) in [5.41, 5.74) is 1.78. The molecule has 0 saturated heterocycles. The van der Waals surface area contributed by atoms with Crippen LogP contribution in [0.5, 0.6) is 0 Å². The molecule has 0 heterocycles. The SMILES string of the molecule is CC(C)NS(=O)(=O)Cc1ccccc1CNC(=O)c1ccccc1Cl. The van der Waals surface area contributed by atoms with Gasteiger partial charge in [-0.05, 0) is 37.1 Å². The van der Waals surface area contributed by atoms with Crippen molar-refractivity contribution in [3.8, 4) is 0 Å². The van der Waals surface area contributed by atoms with Crippen LogP contribution in [0.2, 0.25) is 5.02 Å². The van der Waals surface area contributed by atoms with Gasteiger partial charge in [0, 0.05) is 12.6 Å². The highest BCUT2D eigenvalue weighted by Gasteiger charge is 2.16. The van der Waals surface area contributed by atoms with E-state index in [0.29, 0.717) is 16.1 Å². The lowest BCUT2D eigenvalue weighted by Crippen LogP contribution is -2.32. The van der Waals surface area contributed by atoms with Crippen LogP contribution in [0.15, 0.2) is 48.5 Å². The molecule has 2 N–H and O–H groups in total. The van der Waals surface area contributed by atoms with Gasteiger partial charge in [-0.25, -0.2) is 13.1 Å². The van der Waals surface area contributed by atoms with Gasteiger partial charge in [-0.1, -0.05) is 48.0 Å². The van der Waals surface area contributed by atoms with E-state index in [1.54, 1.807) is 56.3 Å². The molecule has 2 aromatic rings. The highest BCUT2D eigenvalue weighted by Crippen LogP contribution is 2.16. The van der Waals surface area contributed by atoms with Crippen molar-refractivity contribution >= 4 is 27.5 Å². The topological polar surface area (TPSA) is 75.3 Å². The van der Waals surface area contributed by atoms with Crippen LogP contribution in [-0.2, 0) is 22.3 Å². The van der Waals surface area contributed by atoms with Gasteiger partial charge in [-0.2, -0.15) is 0 Å². The second kappa shape index (κ2) is 8.47. The molecule has 7 heteroatoms. The van der Waals surface area contributed by atoms with Crippen LogP contribution >= 0.6 is 11.6 Å². The quantitative estimate of drug-likeness (QED) is 0.775. The first-order valence-corrected chi connectivity index (χ1v) is 9.91. The third-order valence-electron chi connectivity index (χ3n) is 3.44. The number of rotatable bonds is 7. The Balaban J connectivity index is 2.11. The van der Waals surface area contributed by atoms with Crippen molar-refractivity contribution in [2.45, 2.75) is 32.2 Å². The summed E-state index contributed by atoms with van der Waals surface area (Å²) >= 11 is 6.02. The Kier molecular flexibility index (Phi) is 6.58. The Bertz CT molecular complexity index is 851. The Morgan fingerprint density at radius 3 is 2.28 bits per heavy atom. The normalized spacial score (nSPS) is 11.5. The molecule has 0 aliphatic heterocycles. The third-order valence-corrected chi connectivity index (χ3v) is 5.29. The van der Waals surface area contributed by atoms with Gasteiger partial charge >= 0.3 is 0 Å². The second-order valence-electron chi connectivity index (χ2n) is 5.96. The lowest BCUT2D eigenvalue weighted by Gasteiger charge is -2.13. The van der Waals surface area contributed by atoms with Crippen molar-refractivity contribution in [1.29, 1.82) is 0 Å². The number of carbonyl (C=O) groups is 1. The fraction of sp³-hybridized carbons (Fsp3) is 0.278. The molecular formula is C18H21ClN2O3S. The highest BCUT2D eigenvalue weighted by molar-refractivity contribution is 7.88. The smallest absolute Gasteiger partial charge is 0.253 e. The zero-order chi connectivity index (χ0) is 18.4. The van der Waals surface area contributed by atoms with Gasteiger partial charge in [0.15, 0.2) is 0 Å². The zero-order valence-electron chi connectivity index (χ0n) is 14.1. The average molecular weight is 381 g/mol. The van der Waals surface area contributed by atoms with E-state index in [-0.39, 0.29) is 24.2 Å². The van der Waals surface area contributed by atoms with Crippen molar-refractivity contribution in [3.63, 3.8) is 0 Å². The van der Waals surface area contributed by atoms with Crippen LogP contribution in [0.3, 0.4) is 0 Å². The minimum atomic E-state index is -3.44. The summed E-state index contributed by atoms with van der Waals surface area (Å²) in [6.07, 6.45) is 0. The molecule has 0 unspecified atom stereocenters. The van der Waals surface area contributed by atoms with Crippen molar-refractivity contribution in [1.82, 2.24) is 10.0 Å². The summed E-state index contributed by atoms with van der Waals surface area (Å²) in [5, 5.41) is 3.16. The number of hydrogen-bond acceptors (Lipinski definition) is 3. The Morgan fingerprint density at radius 1 is 1.04 bits per heavy atom. The van der Waals surface area contributed by atoms with Gasteiger partial charge < -0.3 is 5.32 Å². The van der Waals surface area contributed by atoms with Crippen LogP contribution in [0.1, 0.15) is 35.3 Å². The van der Waals surface area contributed by atoms with Gasteiger partial charge in [-0.3, -0.25) is 4.79 Å². The Morgan fingerprint density at radius 2 is 1.64 bits per heavy atom. The van der Waals surface area contributed by atoms with E-state index in [9.17, 15) is 13.2 Å². The summed E-state index contributed by atoms with van der Waals surface area (Å²) in [6.45, 7) is 3.76. The van der Waals surface area contributed by atoms with Crippen molar-refractivity contribution < 1.29 is 13.2 Å². The van der Waals surface area contributed by atoms with E-state index in [1.165, 1.54) is 0 Å². The summed E-state index contributed by atoms with van der Waals surface area (Å²) in [4.78, 5) is 12.3. The lowest BCUT2D eigenvalue weighted by molar-refractivity contribution is 0.0951. The lowest BCUT2D eigenvalue weighted by atomic mass is 10.1. The maximum atomic E-state index is 12.3. The summed E-state index contributed by atoms with van der Waals surface area (Å²) in [7, 11) is -3.44. The summed E-state index contributed by atoms with van der Waals surface area (Å²) in [5.74, 6) is -0.438. The number of hydrogen-bond donors (Lipinski definition) is 2. The summed E-state index contributed by atoms with van der Waals surface area (Å²) < 4.78 is 26.9. The first kappa shape index (κ1) is 19.4. The predicted octanol–water partition coefficient (Wildman–Crippen LogP) is 3.10. The molecule has 0 fully saturated rings. The minimum absolute atomic E-state index is 0.136. The monoisotopic (exact) mass is 380 g/mol. The van der Waals surface area contributed by atoms with E-state index in [4.69, 9.17) is 11.6 Å². The molecule has 25 heavy (non-hydrogen) atoms. The molecule has 1 amide bonds. The molecule has 0 aliphatic carbocycles. The molecule has 0 radical (unpaired) electrons. The minimum Gasteiger partial charge on any atom is -0.348 e. The maximum Gasteiger partial charge on any atom is 0.253 e. The Hall–Kier alpha value is -1.89. The first-order valence-electron chi connectivity index (χ1n) is 7.88. The number of nitrogens with one attached hydrogen (secondary N) is 2. The van der Waals surface area contributed by atoms with E-state index in [2.05, 4.69) is 10.0 Å². The maximum absolute atomic E-state index is 12.3. The average Bonchev–Trinajstić information content (AvgIpc) is 2.52. The molecule has 0 saturated carbocycles. The van der Waals surface area contributed by atoms with E-state index >= 15 is 0 Å². The molecule has 2 rings (SSSR count). The van der Waals surface area contributed by atoms with Crippen LogP contribution in [0.4, 0.5) is 0 Å². The van der Waals surface area contributed by atoms with Gasteiger partial charge in [-0.15, -0.1) is 0 Å². The number of halogens is 1. The highest BCUT2D eigenvalue weighted by atomic mass is 35.5. The molecule has 0 spiro atoms. The van der Waals surface area contributed by atoms with Gasteiger partial charge in [0.25, 0.3) is 5.91 Å². The van der Waals surface area contributed by atoms with E-state index in [0.717, 1.165) is 5.56 Å². The second-order valence-corrected chi connectivity index (χ2v) is 8.12. The van der Waals surface area contributed by atoms with Gasteiger partial charge in [0.2, 0.25) is 10.0 Å². The van der Waals surface area contributed by atoms with Crippen molar-refractivity contribution in [2.75, 3.05) is 0 Å². The molecule has 0 bridgehead atoms. The molecule has 2 aromatic carbocycles. The standard InChI is InChI=1S/C18H21ClN2O3S/c1-13(2)21-25(23,24)12-15-8-4-3-7-14(15)11-20-18(22)16-9-5-6-10-17(16)19/h3-10,13,21H,11-12H2,1-2H3,(H,20,22). The molecule has 0 aliphatic rings. The van der Waals surface area contributed by atoms with Crippen LogP contribution in [0.25, 0.3) is 0 Å². The third kappa shape index (κ3) is 5.85. The van der Waals surface area contributed by atoms with Crippen LogP contribution in [0, 0.1) is 0 Å². The molecule has 0 aromatic heterocycles. The zero-order valence-corrected chi connectivity index (χ0v) is 15.7. The van der Waals surface area contributed by atoms with Gasteiger partial charge in [0.1, 0.15) is 0 Å². The van der Waals surface area contributed by atoms with Gasteiger partial charge in [0.05, 0.1) is 16.3 Å².